The summed E-state index contributed by atoms with van der Waals surface area (Å²) in [6.07, 6.45) is 3.45. The van der Waals surface area contributed by atoms with Gasteiger partial charge in [0.05, 0.1) is 18.4 Å². The van der Waals surface area contributed by atoms with Crippen molar-refractivity contribution in [2.45, 2.75) is 12.8 Å². The molecule has 1 aliphatic carbocycles. The molecule has 0 saturated heterocycles. The molecule has 6 heteroatoms. The Morgan fingerprint density at radius 3 is 2.67 bits per heavy atom. The molecule has 1 saturated carbocycles. The average molecular weight is 248 g/mol. The van der Waals surface area contributed by atoms with Gasteiger partial charge in [0, 0.05) is 5.92 Å². The SMILES string of the molecule is CNCC(=O)Nc1ccc(NC(=O)C2CC2)nc1. The molecule has 0 bridgehead atoms. The van der Waals surface area contributed by atoms with Crippen molar-refractivity contribution in [3.63, 3.8) is 0 Å². The lowest BCUT2D eigenvalue weighted by Gasteiger charge is -2.06. The van der Waals surface area contributed by atoms with Crippen molar-refractivity contribution >= 4 is 23.3 Å². The summed E-state index contributed by atoms with van der Waals surface area (Å²) in [5, 5.41) is 8.17. The van der Waals surface area contributed by atoms with Crippen molar-refractivity contribution in [2.75, 3.05) is 24.2 Å². The Morgan fingerprint density at radius 2 is 2.11 bits per heavy atom. The van der Waals surface area contributed by atoms with Crippen LogP contribution in [-0.4, -0.2) is 30.4 Å². The molecule has 3 N–H and O–H groups in total. The van der Waals surface area contributed by atoms with Crippen LogP contribution < -0.4 is 16.0 Å². The van der Waals surface area contributed by atoms with E-state index in [-0.39, 0.29) is 24.3 Å². The topological polar surface area (TPSA) is 83.1 Å². The van der Waals surface area contributed by atoms with Crippen LogP contribution in [0.2, 0.25) is 0 Å². The molecular weight excluding hydrogens is 232 g/mol. The predicted molar refractivity (Wildman–Crippen MR) is 68.1 cm³/mol. The zero-order valence-corrected chi connectivity index (χ0v) is 10.2. The van der Waals surface area contributed by atoms with Crippen LogP contribution in [0.15, 0.2) is 18.3 Å². The quantitative estimate of drug-likeness (QED) is 0.712. The summed E-state index contributed by atoms with van der Waals surface area (Å²) in [4.78, 5) is 26.9. The van der Waals surface area contributed by atoms with Crippen LogP contribution in [0.25, 0.3) is 0 Å². The van der Waals surface area contributed by atoms with Crippen molar-refractivity contribution in [2.24, 2.45) is 5.92 Å². The molecule has 0 atom stereocenters. The number of likely N-dealkylation sites (N-methyl/N-ethyl adjacent to an activating group) is 1. The summed E-state index contributed by atoms with van der Waals surface area (Å²) in [6.45, 7) is 0.250. The first kappa shape index (κ1) is 12.5. The highest BCUT2D eigenvalue weighted by Gasteiger charge is 2.29. The van der Waals surface area contributed by atoms with E-state index in [9.17, 15) is 9.59 Å². The van der Waals surface area contributed by atoms with E-state index in [0.29, 0.717) is 11.5 Å². The number of aromatic nitrogens is 1. The van der Waals surface area contributed by atoms with E-state index in [1.807, 2.05) is 0 Å². The molecule has 6 nitrogen and oxygen atoms in total. The van der Waals surface area contributed by atoms with Crippen molar-refractivity contribution in [1.29, 1.82) is 0 Å². The number of nitrogens with one attached hydrogen (secondary N) is 3. The number of hydrogen-bond donors (Lipinski definition) is 3. The lowest BCUT2D eigenvalue weighted by molar-refractivity contribution is -0.117. The maximum atomic E-state index is 11.5. The minimum atomic E-state index is -0.130. The number of hydrogen-bond acceptors (Lipinski definition) is 4. The smallest absolute Gasteiger partial charge is 0.238 e. The largest absolute Gasteiger partial charge is 0.324 e. The highest BCUT2D eigenvalue weighted by atomic mass is 16.2. The van der Waals surface area contributed by atoms with Gasteiger partial charge in [-0.1, -0.05) is 0 Å². The second-order valence-electron chi connectivity index (χ2n) is 4.27. The third kappa shape index (κ3) is 3.53. The van der Waals surface area contributed by atoms with Crippen LogP contribution >= 0.6 is 0 Å². The fourth-order valence-corrected chi connectivity index (χ4v) is 1.48. The zero-order chi connectivity index (χ0) is 13.0. The molecular formula is C12H16N4O2. The molecule has 0 aromatic carbocycles. The van der Waals surface area contributed by atoms with Crippen LogP contribution in [0.1, 0.15) is 12.8 Å². The lowest BCUT2D eigenvalue weighted by atomic mass is 10.3. The Bertz CT molecular complexity index is 440. The van der Waals surface area contributed by atoms with Crippen molar-refractivity contribution in [3.8, 4) is 0 Å². The standard InChI is InChI=1S/C12H16N4O2/c1-13-7-11(17)15-9-4-5-10(14-6-9)16-12(18)8-2-3-8/h4-6,8,13H,2-3,7H2,1H3,(H,15,17)(H,14,16,18). The van der Waals surface area contributed by atoms with Gasteiger partial charge in [0.25, 0.3) is 0 Å². The van der Waals surface area contributed by atoms with Gasteiger partial charge in [-0.15, -0.1) is 0 Å². The number of anilines is 2. The fraction of sp³-hybridized carbons (Fsp3) is 0.417. The Kier molecular flexibility index (Phi) is 3.88. The Hall–Kier alpha value is -1.95. The molecule has 1 aromatic heterocycles. The molecule has 1 aromatic rings. The molecule has 1 aliphatic rings. The molecule has 0 unspecified atom stereocenters. The third-order valence-corrected chi connectivity index (χ3v) is 2.58. The fourth-order valence-electron chi connectivity index (χ4n) is 1.48. The summed E-state index contributed by atoms with van der Waals surface area (Å²) in [5.41, 5.74) is 0.611. The number of carbonyl (C=O) groups is 2. The van der Waals surface area contributed by atoms with Gasteiger partial charge in [-0.25, -0.2) is 4.98 Å². The zero-order valence-electron chi connectivity index (χ0n) is 10.2. The average Bonchev–Trinajstić information content (AvgIpc) is 3.16. The van der Waals surface area contributed by atoms with E-state index in [1.165, 1.54) is 6.20 Å². The normalized spacial score (nSPS) is 14.1. The van der Waals surface area contributed by atoms with E-state index >= 15 is 0 Å². The first-order chi connectivity index (χ1) is 8.69. The van der Waals surface area contributed by atoms with Gasteiger partial charge >= 0.3 is 0 Å². The second kappa shape index (κ2) is 5.59. The molecule has 2 rings (SSSR count). The van der Waals surface area contributed by atoms with Gasteiger partial charge in [0.1, 0.15) is 5.82 Å². The van der Waals surface area contributed by atoms with Gasteiger partial charge < -0.3 is 16.0 Å². The van der Waals surface area contributed by atoms with Gasteiger partial charge in [-0.3, -0.25) is 9.59 Å². The van der Waals surface area contributed by atoms with E-state index in [0.717, 1.165) is 12.8 Å². The molecule has 96 valence electrons. The van der Waals surface area contributed by atoms with E-state index in [1.54, 1.807) is 19.2 Å². The molecule has 1 heterocycles. The molecule has 18 heavy (non-hydrogen) atoms. The second-order valence-corrected chi connectivity index (χ2v) is 4.27. The van der Waals surface area contributed by atoms with Crippen molar-refractivity contribution in [1.82, 2.24) is 10.3 Å². The van der Waals surface area contributed by atoms with Gasteiger partial charge in [-0.2, -0.15) is 0 Å². The number of nitrogens with zero attached hydrogens (tertiary/aromatic N) is 1. The number of pyridine rings is 1. The third-order valence-electron chi connectivity index (χ3n) is 2.58. The molecule has 1 fully saturated rings. The van der Waals surface area contributed by atoms with E-state index < -0.39 is 0 Å². The first-order valence-corrected chi connectivity index (χ1v) is 5.90. The predicted octanol–water partition coefficient (Wildman–Crippen LogP) is 0.588. The van der Waals surface area contributed by atoms with Gasteiger partial charge in [0.2, 0.25) is 11.8 Å². The van der Waals surface area contributed by atoms with Crippen LogP contribution in [0.4, 0.5) is 11.5 Å². The van der Waals surface area contributed by atoms with Crippen LogP contribution in [0, 0.1) is 5.92 Å². The maximum absolute atomic E-state index is 11.5. The first-order valence-electron chi connectivity index (χ1n) is 5.90. The van der Waals surface area contributed by atoms with Gasteiger partial charge in [-0.05, 0) is 32.0 Å². The summed E-state index contributed by atoms with van der Waals surface area (Å²) in [6, 6.07) is 3.39. The van der Waals surface area contributed by atoms with Gasteiger partial charge in [0.15, 0.2) is 0 Å². The summed E-state index contributed by atoms with van der Waals surface area (Å²) in [7, 11) is 1.70. The van der Waals surface area contributed by atoms with E-state index in [2.05, 4.69) is 20.9 Å². The van der Waals surface area contributed by atoms with Crippen LogP contribution in [0.5, 0.6) is 0 Å². The number of carbonyl (C=O) groups excluding carboxylic acids is 2. The Labute approximate surface area is 105 Å². The van der Waals surface area contributed by atoms with Crippen LogP contribution in [0.3, 0.4) is 0 Å². The molecule has 2 amide bonds. The van der Waals surface area contributed by atoms with Crippen molar-refractivity contribution < 1.29 is 9.59 Å². The Morgan fingerprint density at radius 1 is 1.33 bits per heavy atom. The minimum absolute atomic E-state index is 0.0227. The van der Waals surface area contributed by atoms with Crippen LogP contribution in [-0.2, 0) is 9.59 Å². The molecule has 0 aliphatic heterocycles. The number of amides is 2. The highest BCUT2D eigenvalue weighted by molar-refractivity contribution is 5.94. The molecule has 0 spiro atoms. The number of rotatable bonds is 5. The highest BCUT2D eigenvalue weighted by Crippen LogP contribution is 2.29. The molecule has 0 radical (unpaired) electrons. The lowest BCUT2D eigenvalue weighted by Crippen LogP contribution is -2.25. The maximum Gasteiger partial charge on any atom is 0.238 e. The van der Waals surface area contributed by atoms with Crippen molar-refractivity contribution in [3.05, 3.63) is 18.3 Å². The minimum Gasteiger partial charge on any atom is -0.324 e. The summed E-state index contributed by atoms with van der Waals surface area (Å²) >= 11 is 0. The summed E-state index contributed by atoms with van der Waals surface area (Å²) in [5.74, 6) is 0.559. The monoisotopic (exact) mass is 248 g/mol. The Balaban J connectivity index is 1.88. The van der Waals surface area contributed by atoms with E-state index in [4.69, 9.17) is 0 Å². The summed E-state index contributed by atoms with van der Waals surface area (Å²) < 4.78 is 0.